The second-order valence-corrected chi connectivity index (χ2v) is 3.89. The van der Waals surface area contributed by atoms with Crippen molar-refractivity contribution in [2.45, 2.75) is 19.3 Å². The van der Waals surface area contributed by atoms with Crippen molar-refractivity contribution in [2.75, 3.05) is 0 Å². The van der Waals surface area contributed by atoms with Gasteiger partial charge in [-0.3, -0.25) is 10.1 Å². The van der Waals surface area contributed by atoms with Crippen LogP contribution in [0.2, 0.25) is 0 Å². The van der Waals surface area contributed by atoms with Crippen LogP contribution in [0.5, 0.6) is 0 Å². The van der Waals surface area contributed by atoms with Gasteiger partial charge in [0, 0.05) is 5.57 Å². The predicted octanol–water partition coefficient (Wildman–Crippen LogP) is 4.36. The number of rotatable bonds is 2. The number of nitrogens with zero attached hydrogens (tertiary/aromatic N) is 1. The van der Waals surface area contributed by atoms with E-state index in [4.69, 9.17) is 0 Å². The Labute approximate surface area is 108 Å². The molecule has 0 fully saturated rings. The molecule has 0 atom stereocenters. The Hall–Kier alpha value is -2.06. The number of allylic oxidation sites excluding steroid dienone is 1. The van der Waals surface area contributed by atoms with Crippen LogP contribution >= 0.6 is 0 Å². The summed E-state index contributed by atoms with van der Waals surface area (Å²) < 4.78 is 75.2. The summed E-state index contributed by atoms with van der Waals surface area (Å²) in [5, 5.41) is 10.2. The molecule has 0 aliphatic heterocycles. The fraction of sp³-hybridized carbons (Fsp3) is 0.273. The van der Waals surface area contributed by atoms with Crippen LogP contribution < -0.4 is 0 Å². The zero-order chi connectivity index (χ0) is 15.7. The lowest BCUT2D eigenvalue weighted by atomic mass is 10.0. The van der Waals surface area contributed by atoms with E-state index in [1.165, 1.54) is 0 Å². The van der Waals surface area contributed by atoms with Crippen molar-refractivity contribution in [3.05, 3.63) is 51.2 Å². The first kappa shape index (κ1) is 16.0. The van der Waals surface area contributed by atoms with Crippen molar-refractivity contribution in [1.29, 1.82) is 0 Å². The lowest BCUT2D eigenvalue weighted by Gasteiger charge is -2.13. The van der Waals surface area contributed by atoms with Crippen LogP contribution in [0.15, 0.2) is 24.4 Å². The molecule has 0 spiro atoms. The van der Waals surface area contributed by atoms with Crippen molar-refractivity contribution < 1.29 is 31.3 Å². The molecule has 110 valence electrons. The van der Waals surface area contributed by atoms with Gasteiger partial charge in [-0.05, 0) is 30.7 Å². The van der Waals surface area contributed by atoms with E-state index in [-0.39, 0.29) is 11.6 Å². The van der Waals surface area contributed by atoms with Gasteiger partial charge in [0.05, 0.1) is 16.1 Å². The van der Waals surface area contributed by atoms with Gasteiger partial charge in [-0.2, -0.15) is 26.3 Å². The summed E-state index contributed by atoms with van der Waals surface area (Å²) in [6.07, 6.45) is -9.62. The summed E-state index contributed by atoms with van der Waals surface area (Å²) in [4.78, 5) is 9.28. The summed E-state index contributed by atoms with van der Waals surface area (Å²) in [7, 11) is 0. The number of hydrogen-bond donors (Lipinski definition) is 0. The molecule has 1 rings (SSSR count). The average Bonchev–Trinajstić information content (AvgIpc) is 2.25. The molecule has 0 unspecified atom stereocenters. The molecular weight excluding hydrogens is 292 g/mol. The molecule has 1 aromatic rings. The van der Waals surface area contributed by atoms with Gasteiger partial charge in [-0.25, -0.2) is 0 Å². The second-order valence-electron chi connectivity index (χ2n) is 3.89. The highest BCUT2D eigenvalue weighted by molar-refractivity contribution is 5.64. The standard InChI is InChI=1S/C11H7F6NO2/c1-6(5-18(19)20)7-2-8(10(12,13)14)4-9(3-7)11(15,16)17/h2-5H,1H3/b6-5+. The summed E-state index contributed by atoms with van der Waals surface area (Å²) >= 11 is 0. The number of nitro groups is 1. The average molecular weight is 299 g/mol. The number of alkyl halides is 6. The fourth-order valence-corrected chi connectivity index (χ4v) is 1.42. The summed E-state index contributed by atoms with van der Waals surface area (Å²) in [5.41, 5.74) is -3.85. The monoisotopic (exact) mass is 299 g/mol. The minimum absolute atomic E-state index is 0.0388. The molecule has 1 aromatic carbocycles. The third-order valence-electron chi connectivity index (χ3n) is 2.34. The van der Waals surface area contributed by atoms with Crippen molar-refractivity contribution in [2.24, 2.45) is 0 Å². The highest BCUT2D eigenvalue weighted by Gasteiger charge is 2.37. The van der Waals surface area contributed by atoms with Gasteiger partial charge in [0.15, 0.2) is 0 Å². The molecule has 0 bridgehead atoms. The summed E-state index contributed by atoms with van der Waals surface area (Å²) in [6, 6.07) is 0.831. The van der Waals surface area contributed by atoms with E-state index in [1.54, 1.807) is 0 Å². The van der Waals surface area contributed by atoms with E-state index in [0.29, 0.717) is 18.3 Å². The highest BCUT2D eigenvalue weighted by atomic mass is 19.4. The molecule has 20 heavy (non-hydrogen) atoms. The molecule has 0 amide bonds. The first-order valence-electron chi connectivity index (χ1n) is 5.03. The van der Waals surface area contributed by atoms with E-state index < -0.39 is 34.0 Å². The Morgan fingerprint density at radius 2 is 1.45 bits per heavy atom. The molecule has 0 aliphatic carbocycles. The van der Waals surface area contributed by atoms with E-state index in [1.807, 2.05) is 0 Å². The maximum Gasteiger partial charge on any atom is 0.416 e. The van der Waals surface area contributed by atoms with Crippen LogP contribution in [0.3, 0.4) is 0 Å². The van der Waals surface area contributed by atoms with E-state index in [0.717, 1.165) is 6.92 Å². The Kier molecular flexibility index (Phi) is 4.11. The molecule has 0 saturated carbocycles. The molecular formula is C11H7F6NO2. The quantitative estimate of drug-likeness (QED) is 0.462. The first-order chi connectivity index (χ1) is 8.91. The third-order valence-corrected chi connectivity index (χ3v) is 2.34. The van der Waals surface area contributed by atoms with E-state index >= 15 is 0 Å². The predicted molar refractivity (Wildman–Crippen MR) is 57.1 cm³/mol. The number of halogens is 6. The van der Waals surface area contributed by atoms with Crippen molar-refractivity contribution >= 4 is 5.57 Å². The van der Waals surface area contributed by atoms with Crippen molar-refractivity contribution in [1.82, 2.24) is 0 Å². The van der Waals surface area contributed by atoms with Gasteiger partial charge in [-0.15, -0.1) is 0 Å². The molecule has 3 nitrogen and oxygen atoms in total. The van der Waals surface area contributed by atoms with Gasteiger partial charge in [0.1, 0.15) is 0 Å². The van der Waals surface area contributed by atoms with Crippen LogP contribution in [0.1, 0.15) is 23.6 Å². The number of hydrogen-bond acceptors (Lipinski definition) is 2. The van der Waals surface area contributed by atoms with Gasteiger partial charge in [0.2, 0.25) is 6.20 Å². The minimum Gasteiger partial charge on any atom is -0.259 e. The van der Waals surface area contributed by atoms with E-state index in [2.05, 4.69) is 0 Å². The zero-order valence-corrected chi connectivity index (χ0v) is 9.84. The molecule has 9 heteroatoms. The smallest absolute Gasteiger partial charge is 0.259 e. The lowest BCUT2D eigenvalue weighted by Crippen LogP contribution is -2.11. The third kappa shape index (κ3) is 3.97. The fourth-order valence-electron chi connectivity index (χ4n) is 1.42. The van der Waals surface area contributed by atoms with Gasteiger partial charge in [-0.1, -0.05) is 0 Å². The van der Waals surface area contributed by atoms with Crippen LogP contribution in [-0.2, 0) is 12.4 Å². The maximum absolute atomic E-state index is 12.5. The second kappa shape index (κ2) is 5.14. The molecule has 0 heterocycles. The molecule has 0 aromatic heterocycles. The summed E-state index contributed by atoms with van der Waals surface area (Å²) in [5.74, 6) is 0. The lowest BCUT2D eigenvalue weighted by molar-refractivity contribution is -0.401. The van der Waals surface area contributed by atoms with Crippen molar-refractivity contribution in [3.8, 4) is 0 Å². The zero-order valence-electron chi connectivity index (χ0n) is 9.84. The SMILES string of the molecule is C/C(=C\[N+](=O)[O-])c1cc(C(F)(F)F)cc(C(F)(F)F)c1. The maximum atomic E-state index is 12.5. The Morgan fingerprint density at radius 3 is 1.75 bits per heavy atom. The van der Waals surface area contributed by atoms with Crippen LogP contribution in [0.4, 0.5) is 26.3 Å². The minimum atomic E-state index is -4.98. The Bertz CT molecular complexity index is 527. The summed E-state index contributed by atoms with van der Waals surface area (Å²) in [6.45, 7) is 1.05. The van der Waals surface area contributed by atoms with Crippen LogP contribution in [-0.4, -0.2) is 4.92 Å². The molecule has 0 N–H and O–H groups in total. The highest BCUT2D eigenvalue weighted by Crippen LogP contribution is 2.37. The van der Waals surface area contributed by atoms with Gasteiger partial charge >= 0.3 is 12.4 Å². The van der Waals surface area contributed by atoms with Gasteiger partial charge < -0.3 is 0 Å². The van der Waals surface area contributed by atoms with Crippen molar-refractivity contribution in [3.63, 3.8) is 0 Å². The van der Waals surface area contributed by atoms with E-state index in [9.17, 15) is 36.5 Å². The normalized spacial score (nSPS) is 13.4. The Balaban J connectivity index is 3.50. The first-order valence-corrected chi connectivity index (χ1v) is 5.03. The van der Waals surface area contributed by atoms with Crippen LogP contribution in [0.25, 0.3) is 5.57 Å². The van der Waals surface area contributed by atoms with Crippen LogP contribution in [0, 0.1) is 10.1 Å². The Morgan fingerprint density at radius 1 is 1.05 bits per heavy atom. The largest absolute Gasteiger partial charge is 0.416 e. The number of benzene rings is 1. The molecule has 0 radical (unpaired) electrons. The molecule has 0 aliphatic rings. The topological polar surface area (TPSA) is 43.1 Å². The van der Waals surface area contributed by atoms with Gasteiger partial charge in [0.25, 0.3) is 0 Å². The molecule has 0 saturated heterocycles.